The van der Waals surface area contributed by atoms with E-state index in [9.17, 15) is 13.2 Å². The van der Waals surface area contributed by atoms with Crippen molar-refractivity contribution in [3.63, 3.8) is 0 Å². The number of sulfonamides is 1. The third kappa shape index (κ3) is 5.12. The van der Waals surface area contributed by atoms with Gasteiger partial charge in [0.05, 0.1) is 37.8 Å². The summed E-state index contributed by atoms with van der Waals surface area (Å²) >= 11 is 5.78. The summed E-state index contributed by atoms with van der Waals surface area (Å²) in [7, 11) is 0.586. The van der Waals surface area contributed by atoms with Gasteiger partial charge in [-0.15, -0.1) is 0 Å². The molecule has 0 heterocycles. The lowest BCUT2D eigenvalue weighted by molar-refractivity contribution is -0.121. The number of nitrogens with zero attached hydrogens (tertiary/aromatic N) is 1. The van der Waals surface area contributed by atoms with Crippen molar-refractivity contribution in [3.8, 4) is 11.5 Å². The minimum absolute atomic E-state index is 0.0635. The summed E-state index contributed by atoms with van der Waals surface area (Å²) in [5.74, 6) is 0.677. The summed E-state index contributed by atoms with van der Waals surface area (Å²) in [4.78, 5) is 12.3. The summed E-state index contributed by atoms with van der Waals surface area (Å²) < 4.78 is 36.6. The van der Waals surface area contributed by atoms with Gasteiger partial charge in [0.2, 0.25) is 15.9 Å². The normalized spacial score (nSPS) is 11.3. The summed E-state index contributed by atoms with van der Waals surface area (Å²) in [6.07, 6.45) is 0. The van der Waals surface area contributed by atoms with Gasteiger partial charge in [-0.1, -0.05) is 17.7 Å². The van der Waals surface area contributed by atoms with Crippen LogP contribution in [0.5, 0.6) is 11.5 Å². The van der Waals surface area contributed by atoms with E-state index < -0.39 is 15.9 Å². The van der Waals surface area contributed by atoms with Crippen LogP contribution in [0.15, 0.2) is 47.4 Å². The highest BCUT2D eigenvalue weighted by Gasteiger charge is 2.23. The maximum Gasteiger partial charge on any atom is 0.243 e. The maximum atomic E-state index is 12.5. The second-order valence-corrected chi connectivity index (χ2v) is 8.11. The smallest absolute Gasteiger partial charge is 0.243 e. The average Bonchev–Trinajstić information content (AvgIpc) is 2.66. The lowest BCUT2D eigenvalue weighted by Crippen LogP contribution is -2.38. The highest BCUT2D eigenvalue weighted by atomic mass is 35.5. The number of halogens is 1. The number of hydrogen-bond acceptors (Lipinski definition) is 5. The predicted molar refractivity (Wildman–Crippen MR) is 103 cm³/mol. The van der Waals surface area contributed by atoms with Crippen LogP contribution in [0.3, 0.4) is 0 Å². The van der Waals surface area contributed by atoms with E-state index in [4.69, 9.17) is 21.1 Å². The van der Waals surface area contributed by atoms with Gasteiger partial charge in [-0.3, -0.25) is 4.79 Å². The number of benzene rings is 2. The molecule has 2 rings (SSSR count). The molecule has 0 aliphatic carbocycles. The van der Waals surface area contributed by atoms with Crippen LogP contribution >= 0.6 is 11.6 Å². The topological polar surface area (TPSA) is 84.9 Å². The summed E-state index contributed by atoms with van der Waals surface area (Å²) in [6.45, 7) is -0.191. The lowest BCUT2D eigenvalue weighted by Gasteiger charge is -2.18. The SMILES string of the molecule is COc1cccc(OC)c1CNC(=O)CN(C)S(=O)(=O)c1ccc(Cl)cc1. The van der Waals surface area contributed by atoms with Crippen molar-refractivity contribution in [1.82, 2.24) is 9.62 Å². The fraction of sp³-hybridized carbons (Fsp3) is 0.278. The second-order valence-electron chi connectivity index (χ2n) is 5.63. The first-order chi connectivity index (χ1) is 12.8. The van der Waals surface area contributed by atoms with Crippen LogP contribution in [0, 0.1) is 0 Å². The van der Waals surface area contributed by atoms with E-state index in [1.54, 1.807) is 18.2 Å². The Hall–Kier alpha value is -2.29. The van der Waals surface area contributed by atoms with Crippen molar-refractivity contribution in [2.75, 3.05) is 27.8 Å². The molecule has 0 aliphatic heterocycles. The largest absolute Gasteiger partial charge is 0.496 e. The zero-order valence-electron chi connectivity index (χ0n) is 15.2. The van der Waals surface area contributed by atoms with Gasteiger partial charge >= 0.3 is 0 Å². The number of methoxy groups -OCH3 is 2. The first kappa shape index (κ1) is 21.0. The average molecular weight is 413 g/mol. The molecule has 146 valence electrons. The monoisotopic (exact) mass is 412 g/mol. The number of ether oxygens (including phenoxy) is 2. The highest BCUT2D eigenvalue weighted by molar-refractivity contribution is 7.89. The van der Waals surface area contributed by atoms with Crippen molar-refractivity contribution in [2.24, 2.45) is 0 Å². The molecule has 7 nitrogen and oxygen atoms in total. The van der Waals surface area contributed by atoms with E-state index in [-0.39, 0.29) is 18.0 Å². The van der Waals surface area contributed by atoms with Crippen LogP contribution in [-0.4, -0.2) is 46.4 Å². The molecule has 0 unspecified atom stereocenters. The molecule has 0 saturated heterocycles. The number of rotatable bonds is 8. The molecule has 0 spiro atoms. The number of carbonyl (C=O) groups excluding carboxylic acids is 1. The van der Waals surface area contributed by atoms with E-state index >= 15 is 0 Å². The molecule has 2 aromatic carbocycles. The zero-order valence-corrected chi connectivity index (χ0v) is 16.8. The van der Waals surface area contributed by atoms with Crippen molar-refractivity contribution in [1.29, 1.82) is 0 Å². The number of likely N-dealkylation sites (N-methyl/N-ethyl adjacent to an activating group) is 1. The molecule has 1 N–H and O–H groups in total. The van der Waals surface area contributed by atoms with Gasteiger partial charge in [-0.05, 0) is 36.4 Å². The van der Waals surface area contributed by atoms with Gasteiger partial charge in [0.25, 0.3) is 0 Å². The quantitative estimate of drug-likeness (QED) is 0.719. The summed E-state index contributed by atoms with van der Waals surface area (Å²) in [6, 6.07) is 11.0. The Morgan fingerprint density at radius 3 is 2.15 bits per heavy atom. The number of amides is 1. The van der Waals surface area contributed by atoms with Gasteiger partial charge in [-0.2, -0.15) is 4.31 Å². The van der Waals surface area contributed by atoms with E-state index in [1.807, 2.05) is 0 Å². The first-order valence-electron chi connectivity index (χ1n) is 7.98. The Bertz CT molecular complexity index is 878. The molecule has 0 atom stereocenters. The molecule has 0 bridgehead atoms. The minimum atomic E-state index is -3.79. The number of hydrogen-bond donors (Lipinski definition) is 1. The molecule has 9 heteroatoms. The summed E-state index contributed by atoms with van der Waals surface area (Å²) in [5, 5.41) is 3.12. The molecule has 0 radical (unpaired) electrons. The molecule has 0 saturated carbocycles. The van der Waals surface area contributed by atoms with Gasteiger partial charge in [-0.25, -0.2) is 8.42 Å². The predicted octanol–water partition coefficient (Wildman–Crippen LogP) is 2.29. The van der Waals surface area contributed by atoms with Crippen LogP contribution in [0.25, 0.3) is 0 Å². The van der Waals surface area contributed by atoms with E-state index in [2.05, 4.69) is 5.32 Å². The Kier molecular flexibility index (Phi) is 7.06. The van der Waals surface area contributed by atoms with Crippen LogP contribution in [-0.2, 0) is 21.4 Å². The third-order valence-corrected chi connectivity index (χ3v) is 5.95. The van der Waals surface area contributed by atoms with E-state index in [0.717, 1.165) is 4.31 Å². The molecule has 27 heavy (non-hydrogen) atoms. The van der Waals surface area contributed by atoms with Gasteiger partial charge in [0, 0.05) is 12.1 Å². The molecule has 2 aromatic rings. The first-order valence-corrected chi connectivity index (χ1v) is 9.80. The van der Waals surface area contributed by atoms with E-state index in [1.165, 1.54) is 45.5 Å². The Balaban J connectivity index is 2.05. The van der Waals surface area contributed by atoms with Crippen molar-refractivity contribution < 1.29 is 22.7 Å². The van der Waals surface area contributed by atoms with Gasteiger partial charge in [0.15, 0.2) is 0 Å². The Morgan fingerprint density at radius 2 is 1.63 bits per heavy atom. The molecular formula is C18H21ClN2O5S. The molecule has 0 aromatic heterocycles. The maximum absolute atomic E-state index is 12.5. The lowest BCUT2D eigenvalue weighted by atomic mass is 10.1. The highest BCUT2D eigenvalue weighted by Crippen LogP contribution is 2.27. The van der Waals surface area contributed by atoms with Gasteiger partial charge < -0.3 is 14.8 Å². The van der Waals surface area contributed by atoms with Crippen LogP contribution in [0.1, 0.15) is 5.56 Å². The zero-order chi connectivity index (χ0) is 20.0. The molecule has 1 amide bonds. The van der Waals surface area contributed by atoms with E-state index in [0.29, 0.717) is 22.1 Å². The molecular weight excluding hydrogens is 392 g/mol. The third-order valence-electron chi connectivity index (χ3n) is 3.88. The molecule has 0 fully saturated rings. The Morgan fingerprint density at radius 1 is 1.07 bits per heavy atom. The van der Waals surface area contributed by atoms with Crippen LogP contribution in [0.4, 0.5) is 0 Å². The van der Waals surface area contributed by atoms with Crippen LogP contribution in [0.2, 0.25) is 5.02 Å². The fourth-order valence-electron chi connectivity index (χ4n) is 2.42. The van der Waals surface area contributed by atoms with Crippen LogP contribution < -0.4 is 14.8 Å². The van der Waals surface area contributed by atoms with Crippen molar-refractivity contribution in [2.45, 2.75) is 11.4 Å². The minimum Gasteiger partial charge on any atom is -0.496 e. The van der Waals surface area contributed by atoms with Gasteiger partial charge in [0.1, 0.15) is 11.5 Å². The number of carbonyl (C=O) groups is 1. The Labute approximate surface area is 163 Å². The fourth-order valence-corrected chi connectivity index (χ4v) is 3.67. The molecule has 0 aliphatic rings. The standard InChI is InChI=1S/C18H21ClN2O5S/c1-21(27(23,24)14-9-7-13(19)8-10-14)12-18(22)20-11-15-16(25-2)5-4-6-17(15)26-3/h4-10H,11-12H2,1-3H3,(H,20,22). The van der Waals surface area contributed by atoms with Crippen molar-refractivity contribution in [3.05, 3.63) is 53.1 Å². The van der Waals surface area contributed by atoms with Crippen molar-refractivity contribution >= 4 is 27.5 Å². The second kappa shape index (κ2) is 9.07. The number of nitrogens with one attached hydrogen (secondary N) is 1. The summed E-state index contributed by atoms with van der Waals surface area (Å²) in [5.41, 5.74) is 0.666.